The van der Waals surface area contributed by atoms with Gasteiger partial charge in [0, 0.05) is 41.3 Å². The molecule has 0 aliphatic rings. The molecule has 0 unspecified atom stereocenters. The summed E-state index contributed by atoms with van der Waals surface area (Å²) in [7, 11) is 9.15. The third kappa shape index (κ3) is 14.5. The van der Waals surface area contributed by atoms with Crippen molar-refractivity contribution in [1.29, 1.82) is 0 Å². The number of methoxy groups -OCH3 is 1. The second-order valence-corrected chi connectivity index (χ2v) is 8.39. The Bertz CT molecular complexity index is 1350. The van der Waals surface area contributed by atoms with Crippen molar-refractivity contribution in [3.8, 4) is 23.4 Å². The number of rotatable bonds is 8. The number of hydrogen-bond donors (Lipinski definition) is 3. The highest BCUT2D eigenvalue weighted by Gasteiger charge is 2.33. The summed E-state index contributed by atoms with van der Waals surface area (Å²) in [6.45, 7) is -2.99. The van der Waals surface area contributed by atoms with Crippen molar-refractivity contribution in [2.75, 3.05) is 68.9 Å². The minimum Gasteiger partial charge on any atom is -0.481 e. The lowest BCUT2D eigenvalue weighted by molar-refractivity contribution is -0.277. The lowest BCUT2D eigenvalue weighted by Gasteiger charge is -2.16. The smallest absolute Gasteiger partial charge is 0.481 e. The molecule has 0 saturated heterocycles. The third-order valence-electron chi connectivity index (χ3n) is 4.17. The maximum atomic E-state index is 12.1. The van der Waals surface area contributed by atoms with Gasteiger partial charge in [0.05, 0.1) is 13.2 Å². The average molecular weight is 684 g/mol. The fraction of sp³-hybridized carbons (Fsp3) is 0.429. The normalized spacial score (nSPS) is 10.9. The highest BCUT2D eigenvalue weighted by atomic mass is 35.5. The van der Waals surface area contributed by atoms with Gasteiger partial charge in [0.2, 0.25) is 41.2 Å². The second kappa shape index (κ2) is 16.3. The maximum absolute atomic E-state index is 12.1. The van der Waals surface area contributed by atoms with E-state index in [1.54, 1.807) is 28.2 Å². The highest BCUT2D eigenvalue weighted by Crippen LogP contribution is 2.33. The van der Waals surface area contributed by atoms with Crippen molar-refractivity contribution in [1.82, 2.24) is 29.9 Å². The zero-order chi connectivity index (χ0) is 34.7. The van der Waals surface area contributed by atoms with Crippen LogP contribution in [0.25, 0.3) is 0 Å². The summed E-state index contributed by atoms with van der Waals surface area (Å²) >= 11 is 5.61. The van der Waals surface area contributed by atoms with E-state index in [4.69, 9.17) is 23.1 Å². The first-order valence-electron chi connectivity index (χ1n) is 11.5. The van der Waals surface area contributed by atoms with Crippen molar-refractivity contribution in [2.45, 2.75) is 19.3 Å². The summed E-state index contributed by atoms with van der Waals surface area (Å²) < 4.78 is 111. The van der Waals surface area contributed by atoms with E-state index >= 15 is 0 Å². The lowest BCUT2D eigenvalue weighted by atomic mass is 10.5. The Morgan fingerprint density at radius 2 is 1.29 bits per heavy atom. The van der Waals surface area contributed by atoms with Gasteiger partial charge in [-0.1, -0.05) is 11.6 Å². The number of alkyl halides is 8. The molecule has 0 radical (unpaired) electrons. The van der Waals surface area contributed by atoms with E-state index in [2.05, 4.69) is 54.2 Å². The van der Waals surface area contributed by atoms with Crippen LogP contribution < -0.4 is 45.5 Å². The number of nitrogens with one attached hydrogen (secondary N) is 1. The van der Waals surface area contributed by atoms with Crippen LogP contribution >= 0.6 is 11.6 Å². The van der Waals surface area contributed by atoms with Crippen LogP contribution in [0.5, 0.6) is 23.4 Å². The van der Waals surface area contributed by atoms with Crippen LogP contribution in [0.2, 0.25) is 5.15 Å². The third-order valence-corrected chi connectivity index (χ3v) is 4.43. The lowest BCUT2D eigenvalue weighted by Crippen LogP contribution is -2.19. The van der Waals surface area contributed by atoms with E-state index in [9.17, 15) is 35.1 Å². The molecule has 0 aliphatic heterocycles. The van der Waals surface area contributed by atoms with Crippen molar-refractivity contribution < 1.29 is 54.1 Å². The van der Waals surface area contributed by atoms with Crippen LogP contribution in [0.4, 0.5) is 64.6 Å². The van der Waals surface area contributed by atoms with Gasteiger partial charge in [-0.3, -0.25) is 0 Å². The first-order valence-corrected chi connectivity index (χ1v) is 11.9. The zero-order valence-corrected chi connectivity index (χ0v) is 24.8. The van der Waals surface area contributed by atoms with Crippen LogP contribution in [-0.2, 0) is 0 Å². The van der Waals surface area contributed by atoms with Crippen molar-refractivity contribution in [3.05, 3.63) is 17.3 Å². The van der Waals surface area contributed by atoms with Gasteiger partial charge in [-0.2, -0.15) is 38.7 Å². The van der Waals surface area contributed by atoms with Crippen LogP contribution in [0.1, 0.15) is 0 Å². The van der Waals surface area contributed by atoms with Crippen molar-refractivity contribution in [3.63, 3.8) is 0 Å². The van der Waals surface area contributed by atoms with Gasteiger partial charge in [-0.25, -0.2) is 0 Å². The number of anilines is 5. The molecule has 0 atom stereocenters. The van der Waals surface area contributed by atoms with Gasteiger partial charge in [0.25, 0.3) is 0 Å². The monoisotopic (exact) mass is 683 g/mol. The minimum atomic E-state index is -4.79. The SMILES string of the molecule is CN(C)c1cc(OC(F)(F)F)nc(N)n1.CN(C)c1nc(N)nc(Cl)c1OC(F)F.CNc1nc(OC)cc(OC(F)(F)F)n1. The van der Waals surface area contributed by atoms with Gasteiger partial charge in [0.1, 0.15) is 5.82 Å². The number of nitrogens with zero attached hydrogens (tertiary/aromatic N) is 8. The fourth-order valence-electron chi connectivity index (χ4n) is 2.54. The molecule has 0 fully saturated rings. The predicted octanol–water partition coefficient (Wildman–Crippen LogP) is 3.83. The number of ether oxygens (including phenoxy) is 4. The summed E-state index contributed by atoms with van der Waals surface area (Å²) in [4.78, 5) is 24.3. The summed E-state index contributed by atoms with van der Waals surface area (Å²) in [5, 5.41) is 2.23. The molecule has 3 heterocycles. The second-order valence-electron chi connectivity index (χ2n) is 8.03. The van der Waals surface area contributed by atoms with Gasteiger partial charge in [-0.05, 0) is 0 Å². The molecule has 252 valence electrons. The van der Waals surface area contributed by atoms with E-state index in [1.807, 2.05) is 0 Å². The summed E-state index contributed by atoms with van der Waals surface area (Å²) in [6.07, 6.45) is -9.57. The Morgan fingerprint density at radius 3 is 1.73 bits per heavy atom. The number of hydrogen-bond acceptors (Lipinski definition) is 15. The largest absolute Gasteiger partial charge is 0.574 e. The van der Waals surface area contributed by atoms with Crippen LogP contribution in [-0.4, -0.2) is 91.6 Å². The Kier molecular flexibility index (Phi) is 13.8. The van der Waals surface area contributed by atoms with E-state index in [-0.39, 0.29) is 46.3 Å². The van der Waals surface area contributed by atoms with Gasteiger partial charge < -0.3 is 45.5 Å². The first-order chi connectivity index (χ1) is 20.6. The molecule has 0 aliphatic carbocycles. The summed E-state index contributed by atoms with van der Waals surface area (Å²) in [6, 6.07) is 1.98. The van der Waals surface area contributed by atoms with Crippen LogP contribution in [0.15, 0.2) is 12.1 Å². The number of nitrogens with two attached hydrogens (primary N) is 2. The molecule has 24 heteroatoms. The molecule has 45 heavy (non-hydrogen) atoms. The Labute approximate surface area is 254 Å². The van der Waals surface area contributed by atoms with E-state index in [0.29, 0.717) is 0 Å². The van der Waals surface area contributed by atoms with Gasteiger partial charge >= 0.3 is 19.3 Å². The molecule has 0 saturated carbocycles. The van der Waals surface area contributed by atoms with Crippen LogP contribution in [0.3, 0.4) is 0 Å². The molecule has 3 aromatic rings. The van der Waals surface area contributed by atoms with Gasteiger partial charge in [-0.15, -0.1) is 26.3 Å². The molecule has 15 nitrogen and oxygen atoms in total. The summed E-state index contributed by atoms with van der Waals surface area (Å²) in [5.41, 5.74) is 10.5. The fourth-order valence-corrected chi connectivity index (χ4v) is 2.76. The Hall–Kier alpha value is -4.83. The topological polar surface area (TPSA) is 185 Å². The molecule has 3 aromatic heterocycles. The average Bonchev–Trinajstić information content (AvgIpc) is 2.88. The molecule has 0 amide bonds. The van der Waals surface area contributed by atoms with E-state index in [1.165, 1.54) is 24.0 Å². The zero-order valence-electron chi connectivity index (χ0n) is 24.0. The van der Waals surface area contributed by atoms with Crippen LogP contribution in [0, 0.1) is 0 Å². The molecule has 5 N–H and O–H groups in total. The Balaban J connectivity index is 0.000000337. The predicted molar refractivity (Wildman–Crippen MR) is 145 cm³/mol. The molecule has 0 bridgehead atoms. The van der Waals surface area contributed by atoms with Crippen molar-refractivity contribution in [2.24, 2.45) is 0 Å². The molecular formula is C21H26ClF8N11O4. The molecule has 0 aromatic carbocycles. The minimum absolute atomic E-state index is 0.0198. The Morgan fingerprint density at radius 1 is 0.778 bits per heavy atom. The van der Waals surface area contributed by atoms with Gasteiger partial charge in [0.15, 0.2) is 11.0 Å². The quantitative estimate of drug-likeness (QED) is 0.230. The van der Waals surface area contributed by atoms with E-state index < -0.39 is 31.1 Å². The molecule has 0 spiro atoms. The van der Waals surface area contributed by atoms with Crippen molar-refractivity contribution >= 4 is 41.1 Å². The molecular weight excluding hydrogens is 658 g/mol. The number of nitrogen functional groups attached to an aromatic ring is 2. The number of halogens is 9. The summed E-state index contributed by atoms with van der Waals surface area (Å²) in [5.74, 6) is -1.62. The standard InChI is InChI=1S/C7H9ClF2N4O.C7H9F3N4O.C7H8F3N3O2/c1-14(2)5-3(15-6(9)10)4(8)12-7(11)13-5;1-14(2)4-3-5(13-6(11)12-4)15-7(8,9)10;1-11-6-12-4(14-2)3-5(13-6)15-7(8,9)10/h6H,1-2H3,(H2,11,12,13);3H,1-2H3,(H2,11,12,13);3H,1-2H3,(H,11,12,13). The number of aromatic nitrogens is 6. The maximum Gasteiger partial charge on any atom is 0.574 e. The molecule has 3 rings (SSSR count). The highest BCUT2D eigenvalue weighted by molar-refractivity contribution is 6.31. The van der Waals surface area contributed by atoms with E-state index in [0.717, 1.165) is 12.1 Å². The first kappa shape index (κ1) is 38.2.